The summed E-state index contributed by atoms with van der Waals surface area (Å²) in [4.78, 5) is 14.1. The average Bonchev–Trinajstić information content (AvgIpc) is 2.16. The maximum absolute atomic E-state index is 12.0. The molecule has 0 aromatic rings. The van der Waals surface area contributed by atoms with E-state index in [4.69, 9.17) is 0 Å². The Balaban J connectivity index is 2.61. The van der Waals surface area contributed by atoms with E-state index in [1.54, 1.807) is 0 Å². The van der Waals surface area contributed by atoms with Gasteiger partial charge >= 0.3 is 0 Å². The zero-order valence-electron chi connectivity index (χ0n) is 10.4. The van der Waals surface area contributed by atoms with Crippen molar-refractivity contribution in [1.82, 2.24) is 10.2 Å². The number of piperazine rings is 1. The molecule has 88 valence electrons. The third-order valence-corrected chi connectivity index (χ3v) is 2.87. The van der Waals surface area contributed by atoms with Crippen LogP contribution in [0.3, 0.4) is 0 Å². The third kappa shape index (κ3) is 3.49. The van der Waals surface area contributed by atoms with Gasteiger partial charge in [0.2, 0.25) is 5.91 Å². The summed E-state index contributed by atoms with van der Waals surface area (Å²) in [5.41, 5.74) is 0. The van der Waals surface area contributed by atoms with Crippen LogP contribution in [0.4, 0.5) is 0 Å². The quantitative estimate of drug-likeness (QED) is 0.768. The van der Waals surface area contributed by atoms with Crippen LogP contribution in [-0.2, 0) is 4.79 Å². The Morgan fingerprint density at radius 2 is 2.07 bits per heavy atom. The van der Waals surface area contributed by atoms with Crippen molar-refractivity contribution in [1.29, 1.82) is 0 Å². The maximum atomic E-state index is 12.0. The van der Waals surface area contributed by atoms with E-state index in [1.165, 1.54) is 0 Å². The number of hydrogen-bond acceptors (Lipinski definition) is 2. The van der Waals surface area contributed by atoms with Crippen molar-refractivity contribution in [2.75, 3.05) is 19.6 Å². The molecule has 1 amide bonds. The molecule has 1 aliphatic heterocycles. The average molecular weight is 212 g/mol. The Labute approximate surface area is 93.2 Å². The van der Waals surface area contributed by atoms with Crippen molar-refractivity contribution in [3.8, 4) is 0 Å². The Kier molecular flexibility index (Phi) is 4.58. The molecule has 0 bridgehead atoms. The van der Waals surface area contributed by atoms with Crippen LogP contribution in [0.1, 0.15) is 34.1 Å². The second kappa shape index (κ2) is 5.50. The number of carbonyl (C=O) groups excluding carboxylic acids is 1. The van der Waals surface area contributed by atoms with E-state index >= 15 is 0 Å². The van der Waals surface area contributed by atoms with Gasteiger partial charge in [0.1, 0.15) is 0 Å². The van der Waals surface area contributed by atoms with Gasteiger partial charge in [0.15, 0.2) is 0 Å². The zero-order chi connectivity index (χ0) is 11.4. The fourth-order valence-corrected chi connectivity index (χ4v) is 2.14. The van der Waals surface area contributed by atoms with Crippen LogP contribution in [0.25, 0.3) is 0 Å². The molecule has 0 radical (unpaired) electrons. The number of nitrogens with zero attached hydrogens (tertiary/aromatic N) is 1. The summed E-state index contributed by atoms with van der Waals surface area (Å²) in [5.74, 6) is 1.08. The first kappa shape index (κ1) is 12.5. The Bertz CT molecular complexity index is 214. The molecule has 0 spiro atoms. The van der Waals surface area contributed by atoms with Crippen LogP contribution in [0.15, 0.2) is 0 Å². The highest BCUT2D eigenvalue weighted by Crippen LogP contribution is 2.15. The molecule has 1 saturated heterocycles. The molecule has 3 nitrogen and oxygen atoms in total. The number of nitrogens with one attached hydrogen (secondary N) is 1. The molecular formula is C12H24N2O. The van der Waals surface area contributed by atoms with E-state index in [0.29, 0.717) is 17.9 Å². The zero-order valence-corrected chi connectivity index (χ0v) is 10.4. The topological polar surface area (TPSA) is 32.3 Å². The summed E-state index contributed by atoms with van der Waals surface area (Å²) in [7, 11) is 0. The van der Waals surface area contributed by atoms with Crippen molar-refractivity contribution in [2.45, 2.75) is 40.2 Å². The highest BCUT2D eigenvalue weighted by atomic mass is 16.2. The summed E-state index contributed by atoms with van der Waals surface area (Å²) >= 11 is 0. The van der Waals surface area contributed by atoms with Crippen LogP contribution in [0.5, 0.6) is 0 Å². The molecule has 1 rings (SSSR count). The van der Waals surface area contributed by atoms with Gasteiger partial charge in [0.05, 0.1) is 0 Å². The highest BCUT2D eigenvalue weighted by molar-refractivity contribution is 5.78. The van der Waals surface area contributed by atoms with Crippen molar-refractivity contribution >= 4 is 5.91 Å². The van der Waals surface area contributed by atoms with Crippen LogP contribution < -0.4 is 5.32 Å². The van der Waals surface area contributed by atoms with Crippen LogP contribution in [0, 0.1) is 11.8 Å². The summed E-state index contributed by atoms with van der Waals surface area (Å²) < 4.78 is 0. The van der Waals surface area contributed by atoms with Crippen molar-refractivity contribution in [3.05, 3.63) is 0 Å². The first-order valence-corrected chi connectivity index (χ1v) is 6.03. The van der Waals surface area contributed by atoms with Gasteiger partial charge in [-0.05, 0) is 12.3 Å². The molecule has 1 atom stereocenters. The van der Waals surface area contributed by atoms with Gasteiger partial charge in [-0.25, -0.2) is 0 Å². The minimum absolute atomic E-state index is 0.123. The van der Waals surface area contributed by atoms with E-state index in [9.17, 15) is 4.79 Å². The predicted molar refractivity (Wildman–Crippen MR) is 62.7 cm³/mol. The lowest BCUT2D eigenvalue weighted by Gasteiger charge is -2.38. The van der Waals surface area contributed by atoms with Gasteiger partial charge in [-0.2, -0.15) is 0 Å². The minimum Gasteiger partial charge on any atom is -0.337 e. The first-order valence-electron chi connectivity index (χ1n) is 6.03. The molecule has 1 unspecified atom stereocenters. The van der Waals surface area contributed by atoms with Crippen molar-refractivity contribution in [3.63, 3.8) is 0 Å². The molecule has 0 aliphatic carbocycles. The number of hydrogen-bond donors (Lipinski definition) is 1. The monoisotopic (exact) mass is 212 g/mol. The number of amides is 1. The highest BCUT2D eigenvalue weighted by Gasteiger charge is 2.28. The lowest BCUT2D eigenvalue weighted by atomic mass is 9.99. The summed E-state index contributed by atoms with van der Waals surface area (Å²) in [5, 5.41) is 3.37. The van der Waals surface area contributed by atoms with E-state index in [2.05, 4.69) is 24.1 Å². The van der Waals surface area contributed by atoms with Gasteiger partial charge < -0.3 is 10.2 Å². The van der Waals surface area contributed by atoms with Gasteiger partial charge in [-0.1, -0.05) is 27.7 Å². The predicted octanol–water partition coefficient (Wildman–Crippen LogP) is 1.49. The van der Waals surface area contributed by atoms with Gasteiger partial charge in [0.25, 0.3) is 0 Å². The number of rotatable bonds is 3. The largest absolute Gasteiger partial charge is 0.337 e. The molecule has 1 N–H and O–H groups in total. The first-order chi connectivity index (χ1) is 7.02. The molecule has 3 heteroatoms. The molecule has 0 aromatic carbocycles. The second-order valence-electron chi connectivity index (χ2n) is 5.17. The standard InChI is InChI=1S/C12H24N2O/c1-9(2)7-11-8-13-5-6-14(11)12(15)10(3)4/h9-11,13H,5-8H2,1-4H3. The Hall–Kier alpha value is -0.570. The Morgan fingerprint density at radius 3 is 2.60 bits per heavy atom. The van der Waals surface area contributed by atoms with Gasteiger partial charge in [-0.3, -0.25) is 4.79 Å². The number of carbonyl (C=O) groups is 1. The molecule has 1 heterocycles. The molecular weight excluding hydrogens is 188 g/mol. The summed E-state index contributed by atoms with van der Waals surface area (Å²) in [6, 6.07) is 0.397. The Morgan fingerprint density at radius 1 is 1.40 bits per heavy atom. The van der Waals surface area contributed by atoms with E-state index in [-0.39, 0.29) is 5.92 Å². The normalized spacial score (nSPS) is 22.5. The van der Waals surface area contributed by atoms with E-state index < -0.39 is 0 Å². The SMILES string of the molecule is CC(C)CC1CNCCN1C(=O)C(C)C. The molecule has 1 aliphatic rings. The van der Waals surface area contributed by atoms with E-state index in [1.807, 2.05) is 13.8 Å². The van der Waals surface area contributed by atoms with Gasteiger partial charge in [0, 0.05) is 31.6 Å². The molecule has 15 heavy (non-hydrogen) atoms. The second-order valence-corrected chi connectivity index (χ2v) is 5.17. The fourth-order valence-electron chi connectivity index (χ4n) is 2.14. The van der Waals surface area contributed by atoms with E-state index in [0.717, 1.165) is 26.1 Å². The lowest BCUT2D eigenvalue weighted by Crippen LogP contribution is -2.55. The molecule has 1 fully saturated rings. The van der Waals surface area contributed by atoms with Crippen LogP contribution in [-0.4, -0.2) is 36.5 Å². The van der Waals surface area contributed by atoms with Crippen molar-refractivity contribution in [2.24, 2.45) is 11.8 Å². The molecule has 0 saturated carbocycles. The summed E-state index contributed by atoms with van der Waals surface area (Å²) in [6.07, 6.45) is 1.10. The minimum atomic E-state index is 0.123. The van der Waals surface area contributed by atoms with Crippen LogP contribution in [0.2, 0.25) is 0 Å². The van der Waals surface area contributed by atoms with Crippen LogP contribution >= 0.6 is 0 Å². The lowest BCUT2D eigenvalue weighted by molar-refractivity contribution is -0.138. The smallest absolute Gasteiger partial charge is 0.225 e. The maximum Gasteiger partial charge on any atom is 0.225 e. The third-order valence-electron chi connectivity index (χ3n) is 2.87. The van der Waals surface area contributed by atoms with Gasteiger partial charge in [-0.15, -0.1) is 0 Å². The fraction of sp³-hybridized carbons (Fsp3) is 0.917. The summed E-state index contributed by atoms with van der Waals surface area (Å²) in [6.45, 7) is 11.2. The molecule has 0 aromatic heterocycles. The van der Waals surface area contributed by atoms with Crippen molar-refractivity contribution < 1.29 is 4.79 Å².